The van der Waals surface area contributed by atoms with Crippen molar-refractivity contribution in [3.8, 4) is 0 Å². The number of aliphatic hydroxyl groups excluding tert-OH is 1. The van der Waals surface area contributed by atoms with Gasteiger partial charge >= 0.3 is 35.8 Å². The summed E-state index contributed by atoms with van der Waals surface area (Å²) in [6.07, 6.45) is -14.2. The van der Waals surface area contributed by atoms with E-state index in [1.54, 1.807) is 105 Å². The molecule has 14 atom stereocenters. The van der Waals surface area contributed by atoms with Gasteiger partial charge in [0.1, 0.15) is 18.8 Å². The van der Waals surface area contributed by atoms with Crippen LogP contribution < -0.4 is 0 Å². The molecule has 2 bridgehead atoms. The molecule has 0 saturated carbocycles. The number of Topliss-reactive ketones (excluding diaryl/α,β-unsaturated/α-hetero) is 1. The van der Waals surface area contributed by atoms with E-state index < -0.39 is 147 Å². The van der Waals surface area contributed by atoms with E-state index in [1.165, 1.54) is 33.3 Å². The van der Waals surface area contributed by atoms with Crippen molar-refractivity contribution < 1.29 is 95.5 Å². The van der Waals surface area contributed by atoms with Crippen LogP contribution in [0, 0.1) is 0 Å². The maximum atomic E-state index is 14.4. The monoisotopic (exact) mass is 1110 g/mol. The second kappa shape index (κ2) is 31.4. The van der Waals surface area contributed by atoms with Crippen LogP contribution in [0.1, 0.15) is 121 Å². The Labute approximate surface area is 466 Å². The number of fused-ring (bicyclic) bond motifs is 3. The highest BCUT2D eigenvalue weighted by molar-refractivity contribution is 5.90. The van der Waals surface area contributed by atoms with Crippen molar-refractivity contribution in [1.82, 2.24) is 0 Å². The first-order valence-electron chi connectivity index (χ1n) is 27.0. The van der Waals surface area contributed by atoms with Crippen molar-refractivity contribution in [3.63, 3.8) is 0 Å². The lowest BCUT2D eigenvalue weighted by molar-refractivity contribution is -0.370. The van der Waals surface area contributed by atoms with Gasteiger partial charge in [-0.15, -0.1) is 0 Å². The van der Waals surface area contributed by atoms with E-state index in [4.69, 9.17) is 56.8 Å². The Morgan fingerprint density at radius 2 is 1.29 bits per heavy atom. The number of cyclic esters (lactones) is 1. The van der Waals surface area contributed by atoms with Gasteiger partial charge in [0.15, 0.2) is 67.2 Å². The molecule has 6 rings (SSSR count). The second-order valence-electron chi connectivity index (χ2n) is 19.6. The predicted molar refractivity (Wildman–Crippen MR) is 284 cm³/mol. The zero-order valence-electron chi connectivity index (χ0n) is 46.3. The summed E-state index contributed by atoms with van der Waals surface area (Å²) in [6.45, 7) is 7.00. The number of benzene rings is 3. The van der Waals surface area contributed by atoms with Gasteiger partial charge in [0, 0.05) is 39.2 Å². The number of aliphatic hydroxyl groups is 1. The summed E-state index contributed by atoms with van der Waals surface area (Å²) in [5, 5.41) is 12.5. The zero-order valence-corrected chi connectivity index (χ0v) is 46.3. The van der Waals surface area contributed by atoms with Crippen LogP contribution in [0.3, 0.4) is 0 Å². The van der Waals surface area contributed by atoms with Gasteiger partial charge in [0.2, 0.25) is 0 Å². The fraction of sp³-hybridized carbons (Fsp3) is 0.517. The zero-order chi connectivity index (χ0) is 57.7. The molecule has 0 aromatic heterocycles. The van der Waals surface area contributed by atoms with Crippen molar-refractivity contribution in [2.75, 3.05) is 20.8 Å². The lowest BCUT2D eigenvalue weighted by Crippen LogP contribution is -2.66. The molecule has 0 amide bonds. The van der Waals surface area contributed by atoms with E-state index in [1.807, 2.05) is 6.92 Å². The van der Waals surface area contributed by atoms with Gasteiger partial charge in [-0.25, -0.2) is 19.2 Å². The van der Waals surface area contributed by atoms with E-state index in [-0.39, 0.29) is 12.0 Å². The number of carbonyl (C=O) groups excluding carboxylic acids is 7. The average Bonchev–Trinajstić information content (AvgIpc) is 3.51. The van der Waals surface area contributed by atoms with E-state index in [9.17, 15) is 38.7 Å². The van der Waals surface area contributed by atoms with Crippen molar-refractivity contribution in [1.29, 1.82) is 0 Å². The van der Waals surface area contributed by atoms with E-state index in [0.717, 1.165) is 13.0 Å². The molecular weight excluding hydrogens is 1040 g/mol. The quantitative estimate of drug-likeness (QED) is 0.0840. The SMILES string of the molecule is C/C=C(\C)C(=O)O[C@@H]1[C@@H](O)[C@@H]2O[C@H]3[C@H](O[C@@H](CCC)CCCCC[C@@H](OC(=O)[C@H](OC)c4ccccc4)C(=O)CCC(=O)OC[C@@H](O2)[C@H]1OC(=O)/C=C/c1ccccc1)O[C@H](C)[C@H](OC(C)=O)[C@@H]3OC(=O)C(OC)c1ccccc1. The topological polar surface area (TPSA) is 250 Å². The molecule has 3 aliphatic rings. The first-order valence-corrected chi connectivity index (χ1v) is 27.0. The largest absolute Gasteiger partial charge is 0.463 e. The van der Waals surface area contributed by atoms with Crippen LogP contribution in [0.5, 0.6) is 0 Å². The summed E-state index contributed by atoms with van der Waals surface area (Å²) in [6, 6.07) is 25.9. The van der Waals surface area contributed by atoms with Gasteiger partial charge in [-0.1, -0.05) is 123 Å². The second-order valence-corrected chi connectivity index (χ2v) is 19.6. The van der Waals surface area contributed by atoms with Crippen LogP contribution >= 0.6 is 0 Å². The molecule has 80 heavy (non-hydrogen) atoms. The van der Waals surface area contributed by atoms with E-state index in [2.05, 4.69) is 0 Å². The molecule has 20 nitrogen and oxygen atoms in total. The van der Waals surface area contributed by atoms with E-state index >= 15 is 0 Å². The van der Waals surface area contributed by atoms with Crippen LogP contribution in [0.25, 0.3) is 6.08 Å². The number of ether oxygens (including phenoxy) is 12. The lowest BCUT2D eigenvalue weighted by atomic mass is 9.96. The molecule has 0 aliphatic carbocycles. The minimum absolute atomic E-state index is 0.102. The Balaban J connectivity index is 1.43. The molecule has 3 heterocycles. The summed E-state index contributed by atoms with van der Waals surface area (Å²) in [5.41, 5.74) is 1.68. The maximum absolute atomic E-state index is 14.4. The molecule has 3 fully saturated rings. The highest BCUT2D eigenvalue weighted by Crippen LogP contribution is 2.37. The van der Waals surface area contributed by atoms with Crippen LogP contribution in [-0.2, 0) is 90.4 Å². The molecule has 3 aromatic carbocycles. The molecule has 1 N–H and O–H groups in total. The Bertz CT molecular complexity index is 2550. The Morgan fingerprint density at radius 1 is 0.675 bits per heavy atom. The number of rotatable bonds is 16. The average molecular weight is 1120 g/mol. The molecule has 1 unspecified atom stereocenters. The van der Waals surface area contributed by atoms with Crippen LogP contribution in [0.4, 0.5) is 0 Å². The minimum atomic E-state index is -2.04. The molecule has 0 spiro atoms. The fourth-order valence-electron chi connectivity index (χ4n) is 9.50. The minimum Gasteiger partial charge on any atom is -0.463 e. The number of hydrogen-bond donors (Lipinski definition) is 1. The van der Waals surface area contributed by atoms with Gasteiger partial charge < -0.3 is 61.9 Å². The normalized spacial score (nSPS) is 28.2. The summed E-state index contributed by atoms with van der Waals surface area (Å²) in [7, 11) is 2.67. The van der Waals surface area contributed by atoms with Crippen molar-refractivity contribution in [2.24, 2.45) is 0 Å². The van der Waals surface area contributed by atoms with Crippen molar-refractivity contribution in [3.05, 3.63) is 125 Å². The van der Waals surface area contributed by atoms with Crippen LogP contribution in [-0.4, -0.2) is 141 Å². The number of ketones is 1. The molecule has 0 radical (unpaired) electrons. The third kappa shape index (κ3) is 17.7. The number of methoxy groups -OCH3 is 2. The number of hydrogen-bond acceptors (Lipinski definition) is 20. The first-order chi connectivity index (χ1) is 38.5. The molecule has 3 aliphatic heterocycles. The molecule has 434 valence electrons. The highest BCUT2D eigenvalue weighted by atomic mass is 16.8. The van der Waals surface area contributed by atoms with Crippen molar-refractivity contribution in [2.45, 2.75) is 178 Å². The summed E-state index contributed by atoms with van der Waals surface area (Å²) in [5.74, 6) is -5.88. The standard InChI is InChI=1S/C60H74O20/c1-8-22-42-29-20-13-21-30-44(75-57(67)50(69-6)40-25-16-11-17-26-40)43(62)32-34-46(63)71-35-45-52(77-47(64)33-31-39-23-14-10-15-24-39)53(78-56(66)36(3)9-2)48(65)59(76-45)80-55-54(49(73-38(5)61)37(4)72-60(55)74-42)79-58(68)51(70-7)41-27-18-12-19-28-41/h9-12,14-19,23-28,31,33,37,42,44-45,48-55,59-60,65H,8,13,20-22,29-30,32,34-35H2,1-7H3/b33-31+,36-9+/t37-,42+,44-,45-,48-,49+,50-,51?,52-,53-,54+,55-,59+,60+/m1/s1. The number of esters is 6. The van der Waals surface area contributed by atoms with Crippen LogP contribution in [0.15, 0.2) is 109 Å². The molecule has 3 saturated heterocycles. The number of allylic oxidation sites excluding steroid dienone is 1. The molecular formula is C60H74O20. The van der Waals surface area contributed by atoms with Gasteiger partial charge in [-0.3, -0.25) is 14.4 Å². The highest BCUT2D eigenvalue weighted by Gasteiger charge is 2.56. The predicted octanol–water partition coefficient (Wildman–Crippen LogP) is 7.28. The smallest absolute Gasteiger partial charge is 0.340 e. The van der Waals surface area contributed by atoms with Gasteiger partial charge in [0.05, 0.1) is 18.6 Å². The van der Waals surface area contributed by atoms with Gasteiger partial charge in [-0.05, 0) is 69.2 Å². The Kier molecular flexibility index (Phi) is 24.5. The van der Waals surface area contributed by atoms with Gasteiger partial charge in [0.25, 0.3) is 0 Å². The summed E-state index contributed by atoms with van der Waals surface area (Å²) < 4.78 is 73.2. The summed E-state index contributed by atoms with van der Waals surface area (Å²) >= 11 is 0. The molecule has 3 aromatic rings. The lowest BCUT2D eigenvalue weighted by Gasteiger charge is -2.48. The number of carbonyl (C=O) groups is 7. The summed E-state index contributed by atoms with van der Waals surface area (Å²) in [4.78, 5) is 96.2. The third-order valence-corrected chi connectivity index (χ3v) is 13.8. The van der Waals surface area contributed by atoms with E-state index in [0.29, 0.717) is 55.2 Å². The fourth-order valence-corrected chi connectivity index (χ4v) is 9.50. The van der Waals surface area contributed by atoms with Crippen LogP contribution in [0.2, 0.25) is 0 Å². The van der Waals surface area contributed by atoms with Gasteiger partial charge in [-0.2, -0.15) is 0 Å². The van der Waals surface area contributed by atoms with Crippen molar-refractivity contribution >= 4 is 47.7 Å². The maximum Gasteiger partial charge on any atom is 0.340 e. The first kappa shape index (κ1) is 62.5. The Morgan fingerprint density at radius 3 is 1.89 bits per heavy atom. The third-order valence-electron chi connectivity index (χ3n) is 13.8. The molecule has 20 heteroatoms. The Hall–Kier alpha value is -6.65.